The number of ether oxygens (including phenoxy) is 2. The van der Waals surface area contributed by atoms with Gasteiger partial charge in [0.15, 0.2) is 7.28 Å². The minimum atomic E-state index is 0. The van der Waals surface area contributed by atoms with Gasteiger partial charge in [-0.1, -0.05) is 59.8 Å². The van der Waals surface area contributed by atoms with E-state index in [1.54, 1.807) is 7.11 Å². The van der Waals surface area contributed by atoms with E-state index in [-0.39, 0.29) is 11.0 Å². The fraction of sp³-hybridized carbons (Fsp3) is 0.368. The Bertz CT molecular complexity index is 517. The van der Waals surface area contributed by atoms with Gasteiger partial charge in [0, 0.05) is 13.7 Å². The fourth-order valence-corrected chi connectivity index (χ4v) is 2.29. The molecule has 0 saturated carbocycles. The molecule has 0 aliphatic rings. The smallest absolute Gasteiger partial charge is 0.191 e. The van der Waals surface area contributed by atoms with Gasteiger partial charge in [-0.3, -0.25) is 0 Å². The Hall–Kier alpha value is -1.82. The predicted molar refractivity (Wildman–Crippen MR) is 101 cm³/mol. The van der Waals surface area contributed by atoms with Crippen LogP contribution in [0.1, 0.15) is 25.7 Å². The third-order valence-corrected chi connectivity index (χ3v) is 3.52. The Morgan fingerprint density at radius 1 is 0.708 bits per heavy atom. The van der Waals surface area contributed by atoms with E-state index >= 15 is 0 Å². The first-order valence-corrected chi connectivity index (χ1v) is 8.00. The Morgan fingerprint density at radius 3 is 1.92 bits per heavy atom. The summed E-state index contributed by atoms with van der Waals surface area (Å²) >= 11 is 0. The molecule has 2 rings (SSSR count). The summed E-state index contributed by atoms with van der Waals surface area (Å²) in [7, 11) is 3.92. The number of benzene rings is 2. The Labute approximate surface area is 145 Å². The summed E-state index contributed by atoms with van der Waals surface area (Å²) in [6.45, 7) is 1.65. The average molecular weight is 331 g/mol. The van der Waals surface area contributed by atoms with Crippen molar-refractivity contribution in [2.45, 2.75) is 25.7 Å². The van der Waals surface area contributed by atoms with Gasteiger partial charge in [-0.05, 0) is 31.4 Å². The third-order valence-electron chi connectivity index (χ3n) is 3.52. The van der Waals surface area contributed by atoms with Crippen LogP contribution in [0.25, 0.3) is 0 Å². The van der Waals surface area contributed by atoms with E-state index in [0.29, 0.717) is 0 Å². The lowest BCUT2D eigenvalue weighted by molar-refractivity contribution is 0.191. The number of hydrogen-bond acceptors (Lipinski definition) is 2. The monoisotopic (exact) mass is 331 g/mol. The van der Waals surface area contributed by atoms with Crippen LogP contribution >= 0.6 is 0 Å². The maximum atomic E-state index is 5.77. The molecule has 1 radical (unpaired) electrons. The van der Waals surface area contributed by atoms with E-state index in [2.05, 4.69) is 43.7 Å². The van der Waals surface area contributed by atoms with Crippen LogP contribution in [0.5, 0.6) is 5.75 Å². The van der Waals surface area contributed by atoms with Gasteiger partial charge >= 0.3 is 0 Å². The molecule has 0 bridgehead atoms. The molecule has 0 atom stereocenters. The molecule has 4 N–H and O–H groups in total. The van der Waals surface area contributed by atoms with E-state index in [9.17, 15) is 0 Å². The van der Waals surface area contributed by atoms with Crippen LogP contribution in [0.2, 0.25) is 0 Å². The van der Waals surface area contributed by atoms with Gasteiger partial charge in [0.1, 0.15) is 5.75 Å². The summed E-state index contributed by atoms with van der Waals surface area (Å²) in [5, 5.41) is 0. The molecule has 4 nitrogen and oxygen atoms in total. The van der Waals surface area contributed by atoms with E-state index in [1.807, 2.05) is 18.2 Å². The summed E-state index contributed by atoms with van der Waals surface area (Å²) in [4.78, 5) is 0. The van der Waals surface area contributed by atoms with Crippen LogP contribution in [0.3, 0.4) is 0 Å². The van der Waals surface area contributed by atoms with Gasteiger partial charge in [-0.2, -0.15) is 0 Å². The molecule has 0 fully saturated rings. The Morgan fingerprint density at radius 2 is 1.29 bits per heavy atom. The summed E-state index contributed by atoms with van der Waals surface area (Å²) in [6, 6.07) is 18.6. The molecule has 0 heterocycles. The van der Waals surface area contributed by atoms with E-state index in [4.69, 9.17) is 9.47 Å². The van der Waals surface area contributed by atoms with Crippen molar-refractivity contribution in [2.24, 2.45) is 0 Å². The quantitative estimate of drug-likeness (QED) is 0.485. The number of methoxy groups -OCH3 is 1. The Kier molecular flexibility index (Phi) is 12.6. The second-order valence-corrected chi connectivity index (χ2v) is 5.38. The van der Waals surface area contributed by atoms with Crippen molar-refractivity contribution in [3.05, 3.63) is 54.6 Å². The fourth-order valence-electron chi connectivity index (χ4n) is 2.29. The first-order valence-electron chi connectivity index (χ1n) is 8.00. The first kappa shape index (κ1) is 22.2. The normalized spacial score (nSPS) is 9.54. The zero-order valence-electron chi connectivity index (χ0n) is 14.3. The van der Waals surface area contributed by atoms with Crippen molar-refractivity contribution in [1.29, 1.82) is 0 Å². The molecule has 0 spiro atoms. The molecule has 0 aromatic heterocycles. The van der Waals surface area contributed by atoms with Gasteiger partial charge in [-0.25, -0.2) is 0 Å². The minimum absolute atomic E-state index is 0. The second kappa shape index (κ2) is 13.6. The molecule has 24 heavy (non-hydrogen) atoms. The molecule has 131 valence electrons. The lowest BCUT2D eigenvalue weighted by Crippen LogP contribution is -2.26. The van der Waals surface area contributed by atoms with Crippen LogP contribution in [0.15, 0.2) is 54.6 Å². The molecule has 0 amide bonds. The van der Waals surface area contributed by atoms with Gasteiger partial charge in [0.25, 0.3) is 0 Å². The molecule has 2 aromatic carbocycles. The van der Waals surface area contributed by atoms with Gasteiger partial charge in [0.05, 0.1) is 6.61 Å². The van der Waals surface area contributed by atoms with Gasteiger partial charge in [0.2, 0.25) is 0 Å². The van der Waals surface area contributed by atoms with Crippen molar-refractivity contribution >= 4 is 18.2 Å². The highest BCUT2D eigenvalue weighted by Crippen LogP contribution is 2.09. The molecule has 0 saturated heterocycles. The molecule has 0 unspecified atom stereocenters. The lowest BCUT2D eigenvalue weighted by atomic mass is 9.64. The number of hydrogen-bond donors (Lipinski definition) is 0. The molecular formula is C19H28BO4. The largest absolute Gasteiger partial charge is 0.494 e. The Balaban J connectivity index is 0.00000264. The summed E-state index contributed by atoms with van der Waals surface area (Å²) in [5.74, 6) is 0.946. The summed E-state index contributed by atoms with van der Waals surface area (Å²) in [5.41, 5.74) is 2.41. The van der Waals surface area contributed by atoms with Crippen molar-refractivity contribution < 1.29 is 20.4 Å². The highest BCUT2D eigenvalue weighted by atomic mass is 16.5. The highest BCUT2D eigenvalue weighted by molar-refractivity contribution is 6.67. The SMILES string of the molecule is COCCCCCCOc1ccc([B]c2ccccc2)cc1.O.O. The van der Waals surface area contributed by atoms with E-state index in [1.165, 1.54) is 23.8 Å². The highest BCUT2D eigenvalue weighted by Gasteiger charge is 1.99. The minimum Gasteiger partial charge on any atom is -0.494 e. The zero-order chi connectivity index (χ0) is 15.5. The van der Waals surface area contributed by atoms with Crippen molar-refractivity contribution in [3.63, 3.8) is 0 Å². The maximum Gasteiger partial charge on any atom is 0.191 e. The molecule has 0 aliphatic heterocycles. The number of unbranched alkanes of at least 4 members (excludes halogenated alkanes) is 3. The zero-order valence-corrected chi connectivity index (χ0v) is 14.3. The van der Waals surface area contributed by atoms with E-state index in [0.717, 1.165) is 31.8 Å². The van der Waals surface area contributed by atoms with Crippen molar-refractivity contribution in [2.75, 3.05) is 20.3 Å². The molecular weight excluding hydrogens is 303 g/mol. The molecule has 5 heteroatoms. The standard InChI is InChI=1S/C19H24BO2.2H2O/c1-21-15-7-2-3-8-16-22-19-13-11-18(12-14-19)20-17-9-5-4-6-10-17;;/h4-6,9-14H,2-3,7-8,15-16H2,1H3;2*1H2. The van der Waals surface area contributed by atoms with Gasteiger partial charge in [-0.15, -0.1) is 0 Å². The first-order chi connectivity index (χ1) is 10.9. The van der Waals surface area contributed by atoms with Gasteiger partial charge < -0.3 is 20.4 Å². The average Bonchev–Trinajstić information content (AvgIpc) is 2.56. The summed E-state index contributed by atoms with van der Waals surface area (Å²) < 4.78 is 10.8. The molecule has 2 aromatic rings. The van der Waals surface area contributed by atoms with Crippen LogP contribution < -0.4 is 15.7 Å². The second-order valence-electron chi connectivity index (χ2n) is 5.38. The van der Waals surface area contributed by atoms with Crippen LogP contribution in [-0.4, -0.2) is 38.6 Å². The van der Waals surface area contributed by atoms with E-state index < -0.39 is 0 Å². The van der Waals surface area contributed by atoms with Crippen molar-refractivity contribution in [3.8, 4) is 5.75 Å². The van der Waals surface area contributed by atoms with Crippen LogP contribution in [0.4, 0.5) is 0 Å². The third kappa shape index (κ3) is 8.72. The van der Waals surface area contributed by atoms with Crippen LogP contribution in [0, 0.1) is 0 Å². The summed E-state index contributed by atoms with van der Waals surface area (Å²) in [6.07, 6.45) is 4.65. The predicted octanol–water partition coefficient (Wildman–Crippen LogP) is 1.28. The van der Waals surface area contributed by atoms with Crippen LogP contribution in [-0.2, 0) is 4.74 Å². The lowest BCUT2D eigenvalue weighted by Gasteiger charge is -2.07. The topological polar surface area (TPSA) is 81.5 Å². The van der Waals surface area contributed by atoms with Crippen molar-refractivity contribution in [1.82, 2.24) is 0 Å². The number of rotatable bonds is 10. The maximum absolute atomic E-state index is 5.77. The molecule has 0 aliphatic carbocycles.